The number of methoxy groups -OCH3 is 1. The van der Waals surface area contributed by atoms with Crippen molar-refractivity contribution in [1.29, 1.82) is 0 Å². The van der Waals surface area contributed by atoms with E-state index in [-0.39, 0.29) is 18.8 Å². The minimum absolute atomic E-state index is 0.155. The van der Waals surface area contributed by atoms with Gasteiger partial charge < -0.3 is 14.8 Å². The predicted molar refractivity (Wildman–Crippen MR) is 82.4 cm³/mol. The van der Waals surface area contributed by atoms with E-state index in [0.29, 0.717) is 11.3 Å². The van der Waals surface area contributed by atoms with Crippen molar-refractivity contribution in [1.82, 2.24) is 10.2 Å². The van der Waals surface area contributed by atoms with E-state index in [1.54, 1.807) is 30.3 Å². The number of benzene rings is 1. The van der Waals surface area contributed by atoms with Crippen LogP contribution in [0.15, 0.2) is 42.6 Å². The number of urea groups is 1. The molecule has 0 aliphatic carbocycles. The zero-order chi connectivity index (χ0) is 16.8. The van der Waals surface area contributed by atoms with Crippen LogP contribution in [0.4, 0.5) is 4.79 Å². The van der Waals surface area contributed by atoms with Gasteiger partial charge in [-0.2, -0.15) is 0 Å². The molecule has 23 heavy (non-hydrogen) atoms. The van der Waals surface area contributed by atoms with Crippen LogP contribution in [-0.2, 0) is 14.3 Å². The number of nitrogens with one attached hydrogen (secondary N) is 1. The van der Waals surface area contributed by atoms with Crippen molar-refractivity contribution in [3.63, 3.8) is 0 Å². The molecule has 0 spiro atoms. The topological polar surface area (TPSA) is 84.9 Å². The van der Waals surface area contributed by atoms with Gasteiger partial charge in [0.1, 0.15) is 11.4 Å². The third-order valence-corrected chi connectivity index (χ3v) is 3.05. The number of esters is 1. The Balaban J connectivity index is 2.05. The van der Waals surface area contributed by atoms with E-state index in [9.17, 15) is 14.4 Å². The number of carbonyl (C=O) groups excluding carboxylic acids is 3. The highest BCUT2D eigenvalue weighted by Crippen LogP contribution is 2.17. The van der Waals surface area contributed by atoms with E-state index >= 15 is 0 Å². The van der Waals surface area contributed by atoms with Gasteiger partial charge in [0.05, 0.1) is 7.11 Å². The molecular formula is C16H16N2O5. The molecule has 1 aromatic rings. The van der Waals surface area contributed by atoms with Crippen LogP contribution in [0.5, 0.6) is 5.75 Å². The van der Waals surface area contributed by atoms with Crippen molar-refractivity contribution in [3.05, 3.63) is 48.2 Å². The number of rotatable bonds is 6. The average molecular weight is 316 g/mol. The van der Waals surface area contributed by atoms with Crippen LogP contribution < -0.4 is 10.1 Å². The number of amides is 3. The fraction of sp³-hybridized carbons (Fsp3) is 0.188. The minimum Gasteiger partial charge on any atom is -0.482 e. The van der Waals surface area contributed by atoms with E-state index in [1.165, 1.54) is 13.2 Å². The third kappa shape index (κ3) is 3.97. The van der Waals surface area contributed by atoms with Gasteiger partial charge >= 0.3 is 12.0 Å². The molecule has 7 nitrogen and oxygen atoms in total. The highest BCUT2D eigenvalue weighted by atomic mass is 16.6. The van der Waals surface area contributed by atoms with Gasteiger partial charge in [0.2, 0.25) is 0 Å². The lowest BCUT2D eigenvalue weighted by Crippen LogP contribution is -2.30. The highest BCUT2D eigenvalue weighted by molar-refractivity contribution is 6.14. The molecule has 2 rings (SSSR count). The lowest BCUT2D eigenvalue weighted by molar-refractivity contribution is -0.142. The molecule has 1 heterocycles. The first-order valence-corrected chi connectivity index (χ1v) is 6.80. The molecule has 0 bridgehead atoms. The Morgan fingerprint density at radius 3 is 2.61 bits per heavy atom. The highest BCUT2D eigenvalue weighted by Gasteiger charge is 2.32. The molecule has 1 fully saturated rings. The Morgan fingerprint density at radius 2 is 2.00 bits per heavy atom. The molecule has 1 saturated heterocycles. The molecule has 3 amide bonds. The lowest BCUT2D eigenvalue weighted by atomic mass is 10.2. The summed E-state index contributed by atoms with van der Waals surface area (Å²) in [4.78, 5) is 35.7. The maximum Gasteiger partial charge on any atom is 0.343 e. The molecule has 0 radical (unpaired) electrons. The first-order valence-electron chi connectivity index (χ1n) is 6.80. The second-order valence-electron chi connectivity index (χ2n) is 4.63. The standard InChI is InChI=1S/C16H16N2O5/c1-3-8-18-15(20)13(17-16(18)21)9-11-4-6-12(7-5-11)23-10-14(19)22-2/h3-7,9H,1,8,10H2,2H3,(H,17,21)/b13-9+. The fourth-order valence-electron chi connectivity index (χ4n) is 1.89. The number of hydrogen-bond donors (Lipinski definition) is 1. The normalized spacial score (nSPS) is 15.5. The zero-order valence-electron chi connectivity index (χ0n) is 12.6. The van der Waals surface area contributed by atoms with Crippen LogP contribution in [0.2, 0.25) is 0 Å². The maximum absolute atomic E-state index is 12.0. The Labute approximate surface area is 133 Å². The summed E-state index contributed by atoms with van der Waals surface area (Å²) >= 11 is 0. The molecule has 0 saturated carbocycles. The lowest BCUT2D eigenvalue weighted by Gasteiger charge is -2.07. The maximum atomic E-state index is 12.0. The van der Waals surface area contributed by atoms with E-state index in [0.717, 1.165) is 4.90 Å². The van der Waals surface area contributed by atoms with Crippen molar-refractivity contribution in [2.45, 2.75) is 0 Å². The average Bonchev–Trinajstić information content (AvgIpc) is 2.82. The molecular weight excluding hydrogens is 300 g/mol. The summed E-state index contributed by atoms with van der Waals surface area (Å²) in [6.45, 7) is 3.48. The molecule has 7 heteroatoms. The summed E-state index contributed by atoms with van der Waals surface area (Å²) in [7, 11) is 1.28. The van der Waals surface area contributed by atoms with Crippen LogP contribution >= 0.6 is 0 Å². The van der Waals surface area contributed by atoms with Crippen molar-refractivity contribution in [3.8, 4) is 5.75 Å². The summed E-state index contributed by atoms with van der Waals surface area (Å²) in [6, 6.07) is 6.24. The minimum atomic E-state index is -0.474. The fourth-order valence-corrected chi connectivity index (χ4v) is 1.89. The van der Waals surface area contributed by atoms with E-state index in [4.69, 9.17) is 4.74 Å². The summed E-state index contributed by atoms with van der Waals surface area (Å²) < 4.78 is 9.69. The zero-order valence-corrected chi connectivity index (χ0v) is 12.6. The summed E-state index contributed by atoms with van der Waals surface area (Å²) in [6.07, 6.45) is 3.04. The molecule has 1 N–H and O–H groups in total. The second kappa shape index (κ2) is 7.26. The molecule has 0 aromatic heterocycles. The monoisotopic (exact) mass is 316 g/mol. The smallest absolute Gasteiger partial charge is 0.343 e. The van der Waals surface area contributed by atoms with Gasteiger partial charge in [-0.1, -0.05) is 18.2 Å². The van der Waals surface area contributed by atoms with Crippen LogP contribution in [0.25, 0.3) is 6.08 Å². The quantitative estimate of drug-likeness (QED) is 0.370. The number of carbonyl (C=O) groups is 3. The van der Waals surface area contributed by atoms with Gasteiger partial charge in [-0.25, -0.2) is 9.59 Å². The Hall–Kier alpha value is -3.09. The molecule has 0 atom stereocenters. The number of hydrogen-bond acceptors (Lipinski definition) is 5. The Bertz CT molecular complexity index is 664. The first-order chi connectivity index (χ1) is 11.0. The van der Waals surface area contributed by atoms with Gasteiger partial charge in [0.15, 0.2) is 6.61 Å². The Morgan fingerprint density at radius 1 is 1.30 bits per heavy atom. The first kappa shape index (κ1) is 16.3. The molecule has 1 aliphatic rings. The van der Waals surface area contributed by atoms with Gasteiger partial charge in [0.25, 0.3) is 5.91 Å². The van der Waals surface area contributed by atoms with E-state index in [2.05, 4.69) is 16.6 Å². The van der Waals surface area contributed by atoms with E-state index < -0.39 is 17.9 Å². The molecule has 1 aliphatic heterocycles. The molecule has 1 aromatic carbocycles. The van der Waals surface area contributed by atoms with E-state index in [1.807, 2.05) is 0 Å². The van der Waals surface area contributed by atoms with Gasteiger partial charge in [-0.15, -0.1) is 6.58 Å². The van der Waals surface area contributed by atoms with Gasteiger partial charge in [-0.3, -0.25) is 9.69 Å². The largest absolute Gasteiger partial charge is 0.482 e. The van der Waals surface area contributed by atoms with Crippen LogP contribution in [0, 0.1) is 0 Å². The molecule has 0 unspecified atom stereocenters. The summed E-state index contributed by atoms with van der Waals surface area (Å²) in [5.74, 6) is -0.383. The predicted octanol–water partition coefficient (Wildman–Crippen LogP) is 1.32. The van der Waals surface area contributed by atoms with Crippen LogP contribution in [0.1, 0.15) is 5.56 Å². The number of nitrogens with zero attached hydrogens (tertiary/aromatic N) is 1. The van der Waals surface area contributed by atoms with Crippen molar-refractivity contribution >= 4 is 24.0 Å². The summed E-state index contributed by atoms with van der Waals surface area (Å²) in [5, 5.41) is 2.51. The van der Waals surface area contributed by atoms with Crippen LogP contribution in [-0.4, -0.2) is 43.1 Å². The number of imide groups is 1. The summed E-state index contributed by atoms with van der Waals surface area (Å²) in [5.41, 5.74) is 0.902. The second-order valence-corrected chi connectivity index (χ2v) is 4.63. The Kier molecular flexibility index (Phi) is 5.14. The van der Waals surface area contributed by atoms with Crippen LogP contribution in [0.3, 0.4) is 0 Å². The van der Waals surface area contributed by atoms with Crippen molar-refractivity contribution < 1.29 is 23.9 Å². The number of ether oxygens (including phenoxy) is 2. The van der Waals surface area contributed by atoms with Gasteiger partial charge in [-0.05, 0) is 23.8 Å². The van der Waals surface area contributed by atoms with Crippen molar-refractivity contribution in [2.24, 2.45) is 0 Å². The third-order valence-electron chi connectivity index (χ3n) is 3.05. The van der Waals surface area contributed by atoms with Gasteiger partial charge in [0, 0.05) is 6.54 Å². The SMILES string of the molecule is C=CCN1C(=O)N/C(=C/c2ccc(OCC(=O)OC)cc2)C1=O. The van der Waals surface area contributed by atoms with Crippen molar-refractivity contribution in [2.75, 3.05) is 20.3 Å². The molecule has 120 valence electrons.